The molecule has 1 aliphatic rings. The number of carbonyl (C=O) groups excluding carboxylic acids is 1. The maximum absolute atomic E-state index is 12.6. The molecule has 3 aromatic rings. The van der Waals surface area contributed by atoms with Crippen molar-refractivity contribution < 1.29 is 4.79 Å². The maximum atomic E-state index is 12.6. The normalized spacial score (nSPS) is 14.0. The summed E-state index contributed by atoms with van der Waals surface area (Å²) >= 11 is 6.14. The minimum atomic E-state index is -0.110. The smallest absolute Gasteiger partial charge is 0.321 e. The number of hydrogen-bond donors (Lipinski definition) is 1. The topological polar surface area (TPSA) is 61.4 Å². The summed E-state index contributed by atoms with van der Waals surface area (Å²) in [6.45, 7) is 6.62. The van der Waals surface area contributed by atoms with E-state index in [1.165, 1.54) is 5.56 Å². The van der Waals surface area contributed by atoms with Crippen LogP contribution in [0.4, 0.5) is 16.3 Å². The fraction of sp³-hybridized carbons (Fsp3) is 0.261. The summed E-state index contributed by atoms with van der Waals surface area (Å²) in [5.74, 6) is 0.830. The van der Waals surface area contributed by atoms with Gasteiger partial charge in [0.15, 0.2) is 5.82 Å². The van der Waals surface area contributed by atoms with Gasteiger partial charge < -0.3 is 15.1 Å². The van der Waals surface area contributed by atoms with E-state index in [1.54, 1.807) is 0 Å². The van der Waals surface area contributed by atoms with Crippen LogP contribution in [0.25, 0.3) is 11.3 Å². The number of amides is 2. The molecule has 0 radical (unpaired) electrons. The molecule has 0 unspecified atom stereocenters. The molecule has 4 rings (SSSR count). The third kappa shape index (κ3) is 4.39. The van der Waals surface area contributed by atoms with Crippen molar-refractivity contribution in [3.8, 4) is 11.3 Å². The monoisotopic (exact) mass is 421 g/mol. The molecule has 0 bridgehead atoms. The Hall–Kier alpha value is -3.12. The lowest BCUT2D eigenvalue weighted by atomic mass is 10.1. The third-order valence-electron chi connectivity index (χ3n) is 5.40. The zero-order chi connectivity index (χ0) is 21.1. The highest BCUT2D eigenvalue weighted by atomic mass is 35.5. The van der Waals surface area contributed by atoms with E-state index in [2.05, 4.69) is 51.6 Å². The second-order valence-corrected chi connectivity index (χ2v) is 7.87. The van der Waals surface area contributed by atoms with Gasteiger partial charge in [-0.05, 0) is 43.7 Å². The van der Waals surface area contributed by atoms with Crippen molar-refractivity contribution >= 4 is 29.1 Å². The summed E-state index contributed by atoms with van der Waals surface area (Å²) in [6.07, 6.45) is 0. The van der Waals surface area contributed by atoms with E-state index in [1.807, 2.05) is 42.2 Å². The van der Waals surface area contributed by atoms with E-state index in [0.717, 1.165) is 28.3 Å². The fourth-order valence-corrected chi connectivity index (χ4v) is 3.62. The van der Waals surface area contributed by atoms with E-state index < -0.39 is 0 Å². The number of urea groups is 1. The van der Waals surface area contributed by atoms with Crippen LogP contribution in [0.15, 0.2) is 54.6 Å². The Labute approximate surface area is 181 Å². The molecule has 1 fully saturated rings. The number of hydrogen-bond acceptors (Lipinski definition) is 4. The number of aromatic nitrogens is 2. The second kappa shape index (κ2) is 8.71. The molecule has 0 aliphatic carbocycles. The molecule has 7 heteroatoms. The van der Waals surface area contributed by atoms with E-state index in [0.29, 0.717) is 31.2 Å². The number of nitrogens with zero attached hydrogens (tertiary/aromatic N) is 4. The highest BCUT2D eigenvalue weighted by Gasteiger charge is 2.22. The van der Waals surface area contributed by atoms with E-state index >= 15 is 0 Å². The van der Waals surface area contributed by atoms with Crippen LogP contribution in [-0.2, 0) is 0 Å². The molecule has 0 spiro atoms. The van der Waals surface area contributed by atoms with E-state index in [9.17, 15) is 4.79 Å². The molecule has 2 amide bonds. The average Bonchev–Trinajstić information content (AvgIpc) is 2.78. The van der Waals surface area contributed by atoms with E-state index in [4.69, 9.17) is 11.6 Å². The van der Waals surface area contributed by atoms with Crippen molar-refractivity contribution in [1.29, 1.82) is 0 Å². The molecular formula is C23H24ClN5O. The Morgan fingerprint density at radius 3 is 2.33 bits per heavy atom. The minimum absolute atomic E-state index is 0.110. The molecule has 0 saturated carbocycles. The molecule has 1 aromatic heterocycles. The van der Waals surface area contributed by atoms with Crippen LogP contribution in [0.3, 0.4) is 0 Å². The molecule has 1 N–H and O–H groups in total. The van der Waals surface area contributed by atoms with Crippen molar-refractivity contribution in [1.82, 2.24) is 15.1 Å². The SMILES string of the molecule is Cc1ccc(-c2ccc(N3CCN(C(=O)Nc4cccc(Cl)c4C)CC3)nn2)cc1. The van der Waals surface area contributed by atoms with Gasteiger partial charge in [0.25, 0.3) is 0 Å². The Balaban J connectivity index is 1.35. The number of benzene rings is 2. The van der Waals surface area contributed by atoms with Gasteiger partial charge in [-0.15, -0.1) is 10.2 Å². The summed E-state index contributed by atoms with van der Waals surface area (Å²) in [6, 6.07) is 17.6. The summed E-state index contributed by atoms with van der Waals surface area (Å²) in [7, 11) is 0. The van der Waals surface area contributed by atoms with Gasteiger partial charge in [0.1, 0.15) is 0 Å². The van der Waals surface area contributed by atoms with Crippen LogP contribution >= 0.6 is 11.6 Å². The Morgan fingerprint density at radius 2 is 1.67 bits per heavy atom. The van der Waals surface area contributed by atoms with Gasteiger partial charge in [-0.1, -0.05) is 47.5 Å². The number of aryl methyl sites for hydroxylation is 1. The molecule has 2 heterocycles. The number of halogens is 1. The van der Waals surface area contributed by atoms with Crippen LogP contribution in [0.1, 0.15) is 11.1 Å². The summed E-state index contributed by atoms with van der Waals surface area (Å²) in [4.78, 5) is 16.6. The Kier molecular flexibility index (Phi) is 5.86. The first-order valence-electron chi connectivity index (χ1n) is 9.98. The predicted octanol–water partition coefficient (Wildman–Crippen LogP) is 4.77. The number of carbonyl (C=O) groups is 1. The van der Waals surface area contributed by atoms with Gasteiger partial charge in [0.05, 0.1) is 5.69 Å². The minimum Gasteiger partial charge on any atom is -0.352 e. The Bertz CT molecular complexity index is 1030. The molecular weight excluding hydrogens is 398 g/mol. The van der Waals surface area contributed by atoms with E-state index in [-0.39, 0.29) is 6.03 Å². The lowest BCUT2D eigenvalue weighted by Gasteiger charge is -2.35. The highest BCUT2D eigenvalue weighted by molar-refractivity contribution is 6.31. The first kappa shape index (κ1) is 20.2. The molecule has 2 aromatic carbocycles. The van der Waals surface area contributed by atoms with Crippen LogP contribution in [0.2, 0.25) is 5.02 Å². The molecule has 30 heavy (non-hydrogen) atoms. The Morgan fingerprint density at radius 1 is 0.933 bits per heavy atom. The third-order valence-corrected chi connectivity index (χ3v) is 5.81. The van der Waals surface area contributed by atoms with Gasteiger partial charge in [-0.2, -0.15) is 0 Å². The first-order valence-corrected chi connectivity index (χ1v) is 10.4. The van der Waals surface area contributed by atoms with Crippen molar-refractivity contribution in [3.05, 3.63) is 70.7 Å². The second-order valence-electron chi connectivity index (χ2n) is 7.46. The van der Waals surface area contributed by atoms with Crippen molar-refractivity contribution in [2.75, 3.05) is 36.4 Å². The number of rotatable bonds is 3. The summed E-state index contributed by atoms with van der Waals surface area (Å²) < 4.78 is 0. The zero-order valence-corrected chi connectivity index (χ0v) is 17.9. The van der Waals surface area contributed by atoms with Gasteiger partial charge in [-0.25, -0.2) is 4.79 Å². The number of piperazine rings is 1. The quantitative estimate of drug-likeness (QED) is 0.661. The number of anilines is 2. The van der Waals surface area contributed by atoms with Gasteiger partial charge in [0.2, 0.25) is 0 Å². The summed E-state index contributed by atoms with van der Waals surface area (Å²) in [5.41, 5.74) is 4.74. The average molecular weight is 422 g/mol. The van der Waals surface area contributed by atoms with Crippen molar-refractivity contribution in [2.24, 2.45) is 0 Å². The lowest BCUT2D eigenvalue weighted by Crippen LogP contribution is -2.50. The standard InChI is InChI=1S/C23H24ClN5O/c1-16-6-8-18(9-7-16)21-10-11-22(27-26-21)28-12-14-29(15-13-28)23(30)25-20-5-3-4-19(24)17(20)2/h3-11H,12-15H2,1-2H3,(H,25,30). The lowest BCUT2D eigenvalue weighted by molar-refractivity contribution is 0.208. The molecule has 154 valence electrons. The first-order chi connectivity index (χ1) is 14.5. The predicted molar refractivity (Wildman–Crippen MR) is 121 cm³/mol. The summed E-state index contributed by atoms with van der Waals surface area (Å²) in [5, 5.41) is 12.4. The number of nitrogens with one attached hydrogen (secondary N) is 1. The largest absolute Gasteiger partial charge is 0.352 e. The van der Waals surface area contributed by atoms with Gasteiger partial charge in [0, 0.05) is 42.5 Å². The van der Waals surface area contributed by atoms with Crippen LogP contribution in [-0.4, -0.2) is 47.3 Å². The van der Waals surface area contributed by atoms with Crippen molar-refractivity contribution in [3.63, 3.8) is 0 Å². The zero-order valence-electron chi connectivity index (χ0n) is 17.1. The van der Waals surface area contributed by atoms with Gasteiger partial charge in [-0.3, -0.25) is 0 Å². The van der Waals surface area contributed by atoms with Crippen molar-refractivity contribution in [2.45, 2.75) is 13.8 Å². The molecule has 0 atom stereocenters. The fourth-order valence-electron chi connectivity index (χ4n) is 3.45. The highest BCUT2D eigenvalue weighted by Crippen LogP contribution is 2.24. The molecule has 1 aliphatic heterocycles. The molecule has 1 saturated heterocycles. The van der Waals surface area contributed by atoms with Crippen LogP contribution < -0.4 is 10.2 Å². The van der Waals surface area contributed by atoms with Gasteiger partial charge >= 0.3 is 6.03 Å². The van der Waals surface area contributed by atoms with Crippen LogP contribution in [0, 0.1) is 13.8 Å². The van der Waals surface area contributed by atoms with Crippen LogP contribution in [0.5, 0.6) is 0 Å². The molecule has 6 nitrogen and oxygen atoms in total. The maximum Gasteiger partial charge on any atom is 0.321 e.